The van der Waals surface area contributed by atoms with Crippen molar-refractivity contribution in [1.82, 2.24) is 14.9 Å². The van der Waals surface area contributed by atoms with E-state index >= 15 is 0 Å². The van der Waals surface area contributed by atoms with E-state index in [-0.39, 0.29) is 16.7 Å². The molecule has 0 aromatic carbocycles. The van der Waals surface area contributed by atoms with Gasteiger partial charge in [-0.1, -0.05) is 24.6 Å². The lowest BCUT2D eigenvalue weighted by atomic mass is 10.2. The molecule has 2 aromatic heterocycles. The van der Waals surface area contributed by atoms with Crippen LogP contribution in [0.3, 0.4) is 0 Å². The number of carbonyl (C=O) groups is 1. The van der Waals surface area contributed by atoms with Gasteiger partial charge in [-0.2, -0.15) is 0 Å². The molecule has 134 valence electrons. The first-order chi connectivity index (χ1) is 12.0. The zero-order valence-corrected chi connectivity index (χ0v) is 16.3. The van der Waals surface area contributed by atoms with Gasteiger partial charge in [0.15, 0.2) is 5.16 Å². The van der Waals surface area contributed by atoms with Gasteiger partial charge in [0.05, 0.1) is 10.6 Å². The van der Waals surface area contributed by atoms with Crippen molar-refractivity contribution >= 4 is 39.2 Å². The first-order valence-corrected chi connectivity index (χ1v) is 10.7. The van der Waals surface area contributed by atoms with E-state index in [9.17, 15) is 9.59 Å². The summed E-state index contributed by atoms with van der Waals surface area (Å²) in [4.78, 5) is 32.1. The van der Waals surface area contributed by atoms with E-state index in [1.165, 1.54) is 35.0 Å². The van der Waals surface area contributed by atoms with Gasteiger partial charge in [0.2, 0.25) is 5.91 Å². The van der Waals surface area contributed by atoms with E-state index in [0.29, 0.717) is 11.2 Å². The Balaban J connectivity index is 1.58. The Morgan fingerprint density at radius 2 is 2.08 bits per heavy atom. The molecular formula is C18H23N3O2S2. The largest absolute Gasteiger partial charge is 0.352 e. The molecule has 0 saturated heterocycles. The van der Waals surface area contributed by atoms with Gasteiger partial charge >= 0.3 is 0 Å². The second-order valence-corrected chi connectivity index (χ2v) is 9.44. The maximum absolute atomic E-state index is 12.8. The second-order valence-electron chi connectivity index (χ2n) is 7.05. The van der Waals surface area contributed by atoms with Gasteiger partial charge in [0.25, 0.3) is 5.56 Å². The van der Waals surface area contributed by atoms with Gasteiger partial charge in [0.1, 0.15) is 4.83 Å². The molecule has 5 nitrogen and oxygen atoms in total. The van der Waals surface area contributed by atoms with Crippen LogP contribution in [0.5, 0.6) is 0 Å². The molecule has 1 N–H and O–H groups in total. The minimum atomic E-state index is -0.261. The quantitative estimate of drug-likeness (QED) is 0.657. The third kappa shape index (κ3) is 3.12. The summed E-state index contributed by atoms with van der Waals surface area (Å²) in [6, 6.07) is 0.315. The summed E-state index contributed by atoms with van der Waals surface area (Å²) in [5, 5.41) is 4.30. The number of aryl methyl sites for hydroxylation is 2. The fourth-order valence-corrected chi connectivity index (χ4v) is 6.00. The van der Waals surface area contributed by atoms with E-state index < -0.39 is 0 Å². The fraction of sp³-hybridized carbons (Fsp3) is 0.611. The molecule has 2 aliphatic carbocycles. The average molecular weight is 378 g/mol. The Morgan fingerprint density at radius 3 is 2.84 bits per heavy atom. The van der Waals surface area contributed by atoms with Crippen LogP contribution in [0, 0.1) is 0 Å². The van der Waals surface area contributed by atoms with E-state index in [1.807, 2.05) is 6.92 Å². The normalized spacial score (nSPS) is 18.6. The van der Waals surface area contributed by atoms with Crippen LogP contribution in [0.1, 0.15) is 49.5 Å². The molecule has 2 aliphatic rings. The summed E-state index contributed by atoms with van der Waals surface area (Å²) in [5.74, 6) is 0.0416. The van der Waals surface area contributed by atoms with Crippen LogP contribution in [0.2, 0.25) is 0 Å². The Hall–Kier alpha value is -1.34. The smallest absolute Gasteiger partial charge is 0.262 e. The summed E-state index contributed by atoms with van der Waals surface area (Å²) in [5.41, 5.74) is 1.23. The van der Waals surface area contributed by atoms with E-state index in [2.05, 4.69) is 5.32 Å². The molecule has 7 heteroatoms. The van der Waals surface area contributed by atoms with Crippen LogP contribution >= 0.6 is 23.1 Å². The molecule has 2 heterocycles. The summed E-state index contributed by atoms with van der Waals surface area (Å²) in [6.45, 7) is 1.89. The van der Waals surface area contributed by atoms with Crippen molar-refractivity contribution in [2.45, 2.75) is 68.3 Å². The van der Waals surface area contributed by atoms with Crippen LogP contribution in [-0.4, -0.2) is 26.8 Å². The fourth-order valence-electron chi connectivity index (χ4n) is 3.81. The summed E-state index contributed by atoms with van der Waals surface area (Å²) in [6.07, 6.45) is 7.72. The average Bonchev–Trinajstić information content (AvgIpc) is 3.29. The number of amides is 1. The minimum absolute atomic E-state index is 0.0234. The van der Waals surface area contributed by atoms with Gasteiger partial charge in [-0.3, -0.25) is 14.2 Å². The van der Waals surface area contributed by atoms with Crippen molar-refractivity contribution in [3.63, 3.8) is 0 Å². The maximum atomic E-state index is 12.8. The molecule has 0 bridgehead atoms. The Labute approximate surface area is 155 Å². The summed E-state index contributed by atoms with van der Waals surface area (Å²) in [7, 11) is 1.76. The lowest BCUT2D eigenvalue weighted by Gasteiger charge is -2.17. The minimum Gasteiger partial charge on any atom is -0.352 e. The number of aromatic nitrogens is 2. The second kappa shape index (κ2) is 6.76. The third-order valence-electron chi connectivity index (χ3n) is 5.26. The third-order valence-corrected chi connectivity index (χ3v) is 7.59. The number of rotatable bonds is 4. The number of nitrogens with zero attached hydrogens (tertiary/aromatic N) is 2. The number of hydrogen-bond donors (Lipinski definition) is 1. The molecule has 0 unspecified atom stereocenters. The van der Waals surface area contributed by atoms with Crippen LogP contribution in [0.4, 0.5) is 0 Å². The molecule has 25 heavy (non-hydrogen) atoms. The summed E-state index contributed by atoms with van der Waals surface area (Å²) < 4.78 is 1.61. The zero-order chi connectivity index (χ0) is 17.6. The monoisotopic (exact) mass is 377 g/mol. The number of hydrogen-bond acceptors (Lipinski definition) is 5. The zero-order valence-electron chi connectivity index (χ0n) is 14.6. The van der Waals surface area contributed by atoms with E-state index in [0.717, 1.165) is 42.3 Å². The van der Waals surface area contributed by atoms with Crippen molar-refractivity contribution < 1.29 is 4.79 Å². The molecule has 1 atom stereocenters. The Bertz CT molecular complexity index is 881. The van der Waals surface area contributed by atoms with Crippen LogP contribution in [0.15, 0.2) is 9.95 Å². The maximum Gasteiger partial charge on any atom is 0.262 e. The van der Waals surface area contributed by atoms with Crippen molar-refractivity contribution in [3.05, 3.63) is 20.8 Å². The lowest BCUT2D eigenvalue weighted by Crippen LogP contribution is -2.38. The van der Waals surface area contributed by atoms with Crippen LogP contribution < -0.4 is 10.9 Å². The summed E-state index contributed by atoms with van der Waals surface area (Å²) >= 11 is 3.02. The van der Waals surface area contributed by atoms with Gasteiger partial charge in [0, 0.05) is 18.0 Å². The van der Waals surface area contributed by atoms with E-state index in [4.69, 9.17) is 4.98 Å². The highest BCUT2D eigenvalue weighted by molar-refractivity contribution is 8.00. The number of thioether (sulfide) groups is 1. The molecule has 0 aliphatic heterocycles. The molecule has 1 amide bonds. The van der Waals surface area contributed by atoms with Gasteiger partial charge in [-0.15, -0.1) is 11.3 Å². The molecule has 2 aromatic rings. The van der Waals surface area contributed by atoms with Gasteiger partial charge in [-0.05, 0) is 44.6 Å². The highest BCUT2D eigenvalue weighted by Crippen LogP contribution is 2.35. The molecule has 4 rings (SSSR count). The first kappa shape index (κ1) is 17.1. The number of thiophene rings is 1. The van der Waals surface area contributed by atoms with Crippen molar-refractivity contribution in [2.24, 2.45) is 7.05 Å². The molecule has 0 spiro atoms. The van der Waals surface area contributed by atoms with Crippen molar-refractivity contribution in [3.8, 4) is 0 Å². The van der Waals surface area contributed by atoms with Crippen molar-refractivity contribution in [2.75, 3.05) is 0 Å². The molecule has 0 radical (unpaired) electrons. The van der Waals surface area contributed by atoms with E-state index in [1.54, 1.807) is 23.0 Å². The topological polar surface area (TPSA) is 64.0 Å². The lowest BCUT2D eigenvalue weighted by molar-refractivity contribution is -0.120. The number of fused-ring (bicyclic) bond motifs is 3. The molecular weight excluding hydrogens is 354 g/mol. The highest BCUT2D eigenvalue weighted by atomic mass is 32.2. The predicted octanol–water partition coefficient (Wildman–Crippen LogP) is 3.02. The highest BCUT2D eigenvalue weighted by Gasteiger charge is 2.25. The molecule has 1 fully saturated rings. The SMILES string of the molecule is C[C@H](Sc1nc2sc3c(c2c(=O)n1C)CCC3)C(=O)NC1CCCC1. The number of carbonyl (C=O) groups excluding carboxylic acids is 1. The first-order valence-electron chi connectivity index (χ1n) is 9.03. The van der Waals surface area contributed by atoms with Crippen LogP contribution in [-0.2, 0) is 24.7 Å². The Morgan fingerprint density at radius 1 is 1.32 bits per heavy atom. The molecule has 1 saturated carbocycles. The van der Waals surface area contributed by atoms with Crippen molar-refractivity contribution in [1.29, 1.82) is 0 Å². The van der Waals surface area contributed by atoms with Crippen LogP contribution in [0.25, 0.3) is 10.2 Å². The standard InChI is InChI=1S/C18H23N3O2S2/c1-10(15(22)19-11-6-3-4-7-11)24-18-20-16-14(17(23)21(18)2)12-8-5-9-13(12)25-16/h10-11H,3-9H2,1-2H3,(H,19,22)/t10-/m0/s1. The number of nitrogens with one attached hydrogen (secondary N) is 1. The van der Waals surface area contributed by atoms with Gasteiger partial charge in [-0.25, -0.2) is 4.98 Å². The Kier molecular flexibility index (Phi) is 4.62. The van der Waals surface area contributed by atoms with Gasteiger partial charge < -0.3 is 5.32 Å². The predicted molar refractivity (Wildman–Crippen MR) is 103 cm³/mol.